The zero-order valence-electron chi connectivity index (χ0n) is 8.36. The number of aryl methyl sites for hydroxylation is 1. The van der Waals surface area contributed by atoms with Gasteiger partial charge < -0.3 is 5.73 Å². The van der Waals surface area contributed by atoms with E-state index in [-0.39, 0.29) is 16.5 Å². The third-order valence-electron chi connectivity index (χ3n) is 2.35. The van der Waals surface area contributed by atoms with Gasteiger partial charge in [-0.15, -0.1) is 0 Å². The van der Waals surface area contributed by atoms with Crippen LogP contribution in [0.3, 0.4) is 0 Å². The highest BCUT2D eigenvalue weighted by molar-refractivity contribution is 5.43. The lowest BCUT2D eigenvalue weighted by Gasteiger charge is -2.08. The molecule has 4 nitrogen and oxygen atoms in total. The highest BCUT2D eigenvalue weighted by atomic mass is 16.6. The second kappa shape index (κ2) is 4.19. The van der Waals surface area contributed by atoms with Crippen molar-refractivity contribution in [3.05, 3.63) is 39.4 Å². The molecule has 0 saturated carbocycles. The Hall–Kier alpha value is -1.42. The van der Waals surface area contributed by atoms with Crippen molar-refractivity contribution in [2.45, 2.75) is 19.8 Å². The van der Waals surface area contributed by atoms with Crippen molar-refractivity contribution in [3.8, 4) is 0 Å². The monoisotopic (exact) mass is 194 g/mol. The number of hydrogen-bond donors (Lipinski definition) is 1. The van der Waals surface area contributed by atoms with Gasteiger partial charge in [-0.2, -0.15) is 0 Å². The number of nitrogens with two attached hydrogens (primary N) is 1. The van der Waals surface area contributed by atoms with Crippen molar-refractivity contribution < 1.29 is 4.92 Å². The van der Waals surface area contributed by atoms with E-state index in [9.17, 15) is 10.1 Å². The Morgan fingerprint density at radius 3 is 2.71 bits per heavy atom. The van der Waals surface area contributed by atoms with Gasteiger partial charge in [0.2, 0.25) is 0 Å². The molecule has 0 aliphatic carbocycles. The minimum absolute atomic E-state index is 0.161. The third kappa shape index (κ3) is 2.09. The molecule has 0 bridgehead atoms. The Morgan fingerprint density at radius 2 is 2.21 bits per heavy atom. The molecule has 2 N–H and O–H groups in total. The fraction of sp³-hybridized carbons (Fsp3) is 0.400. The van der Waals surface area contributed by atoms with Crippen LogP contribution in [0.15, 0.2) is 18.2 Å². The first-order valence-corrected chi connectivity index (χ1v) is 4.51. The van der Waals surface area contributed by atoms with Crippen molar-refractivity contribution >= 4 is 5.69 Å². The summed E-state index contributed by atoms with van der Waals surface area (Å²) in [5, 5.41) is 10.7. The highest BCUT2D eigenvalue weighted by Crippen LogP contribution is 2.23. The predicted octanol–water partition coefficient (Wildman–Crippen LogP) is 1.97. The zero-order chi connectivity index (χ0) is 10.7. The minimum atomic E-state index is -0.359. The topological polar surface area (TPSA) is 69.2 Å². The van der Waals surface area contributed by atoms with Gasteiger partial charge >= 0.3 is 0 Å². The molecule has 1 aromatic rings. The summed E-state index contributed by atoms with van der Waals surface area (Å²) in [6.07, 6.45) is 0. The van der Waals surface area contributed by atoms with E-state index in [1.54, 1.807) is 19.1 Å². The number of hydrogen-bond acceptors (Lipinski definition) is 3. The van der Waals surface area contributed by atoms with E-state index < -0.39 is 0 Å². The molecule has 0 heterocycles. The largest absolute Gasteiger partial charge is 0.330 e. The van der Waals surface area contributed by atoms with Gasteiger partial charge in [-0.3, -0.25) is 10.1 Å². The Kier molecular flexibility index (Phi) is 3.19. The molecule has 0 aromatic heterocycles. The number of nitro groups is 1. The third-order valence-corrected chi connectivity index (χ3v) is 2.35. The van der Waals surface area contributed by atoms with E-state index in [4.69, 9.17) is 5.73 Å². The van der Waals surface area contributed by atoms with Gasteiger partial charge in [-0.05, 0) is 24.9 Å². The van der Waals surface area contributed by atoms with Crippen LogP contribution in [0.1, 0.15) is 24.0 Å². The van der Waals surface area contributed by atoms with Crippen LogP contribution in [0.25, 0.3) is 0 Å². The fourth-order valence-electron chi connectivity index (χ4n) is 1.27. The molecular formula is C10H14N2O2. The molecule has 0 fully saturated rings. The first kappa shape index (κ1) is 10.7. The average Bonchev–Trinajstić information content (AvgIpc) is 2.17. The number of benzene rings is 1. The molecule has 76 valence electrons. The van der Waals surface area contributed by atoms with E-state index in [0.717, 1.165) is 5.56 Å². The molecule has 0 aliphatic heterocycles. The van der Waals surface area contributed by atoms with Crippen LogP contribution in [0, 0.1) is 17.0 Å². The quantitative estimate of drug-likeness (QED) is 0.590. The van der Waals surface area contributed by atoms with Crippen LogP contribution in [-0.2, 0) is 0 Å². The molecule has 0 saturated heterocycles. The number of nitrogens with zero attached hydrogens (tertiary/aromatic N) is 1. The first-order valence-electron chi connectivity index (χ1n) is 4.51. The van der Waals surface area contributed by atoms with Crippen molar-refractivity contribution in [1.29, 1.82) is 0 Å². The molecule has 1 atom stereocenters. The molecular weight excluding hydrogens is 180 g/mol. The molecule has 4 heteroatoms. The minimum Gasteiger partial charge on any atom is -0.330 e. The highest BCUT2D eigenvalue weighted by Gasteiger charge is 2.13. The van der Waals surface area contributed by atoms with Gasteiger partial charge in [0, 0.05) is 11.6 Å². The molecule has 1 rings (SSSR count). The summed E-state index contributed by atoms with van der Waals surface area (Å²) in [4.78, 5) is 10.3. The van der Waals surface area contributed by atoms with Gasteiger partial charge in [0.25, 0.3) is 5.69 Å². The lowest BCUT2D eigenvalue weighted by atomic mass is 9.99. The van der Waals surface area contributed by atoms with Crippen LogP contribution >= 0.6 is 0 Å². The van der Waals surface area contributed by atoms with Crippen LogP contribution in [0.4, 0.5) is 5.69 Å². The van der Waals surface area contributed by atoms with E-state index in [2.05, 4.69) is 0 Å². The Morgan fingerprint density at radius 1 is 1.57 bits per heavy atom. The molecule has 0 radical (unpaired) electrons. The zero-order valence-corrected chi connectivity index (χ0v) is 8.36. The maximum absolute atomic E-state index is 10.7. The molecule has 0 aliphatic rings. The van der Waals surface area contributed by atoms with Gasteiger partial charge in [0.05, 0.1) is 4.92 Å². The lowest BCUT2D eigenvalue weighted by molar-refractivity contribution is -0.385. The van der Waals surface area contributed by atoms with Crippen molar-refractivity contribution in [1.82, 2.24) is 0 Å². The number of rotatable bonds is 3. The van der Waals surface area contributed by atoms with E-state index in [1.807, 2.05) is 13.0 Å². The second-order valence-electron chi connectivity index (χ2n) is 3.44. The normalized spacial score (nSPS) is 12.5. The Bertz CT molecular complexity index is 350. The standard InChI is InChI=1S/C10H14N2O2/c1-7-3-4-9(8(2)6-11)5-10(7)12(13)14/h3-5,8H,6,11H2,1-2H3. The molecule has 0 spiro atoms. The summed E-state index contributed by atoms with van der Waals surface area (Å²) in [5.74, 6) is 0.161. The summed E-state index contributed by atoms with van der Waals surface area (Å²) < 4.78 is 0. The molecule has 1 unspecified atom stereocenters. The second-order valence-corrected chi connectivity index (χ2v) is 3.44. The van der Waals surface area contributed by atoms with E-state index >= 15 is 0 Å². The van der Waals surface area contributed by atoms with Crippen LogP contribution < -0.4 is 5.73 Å². The van der Waals surface area contributed by atoms with Crippen LogP contribution in [-0.4, -0.2) is 11.5 Å². The molecule has 0 amide bonds. The van der Waals surface area contributed by atoms with Gasteiger partial charge in [-0.25, -0.2) is 0 Å². The fourth-order valence-corrected chi connectivity index (χ4v) is 1.27. The molecule has 1 aromatic carbocycles. The summed E-state index contributed by atoms with van der Waals surface area (Å²) in [7, 11) is 0. The predicted molar refractivity (Wildman–Crippen MR) is 55.3 cm³/mol. The Labute approximate surface area is 82.9 Å². The maximum atomic E-state index is 10.7. The SMILES string of the molecule is Cc1ccc(C(C)CN)cc1[N+](=O)[O-]. The van der Waals surface area contributed by atoms with Crippen molar-refractivity contribution in [3.63, 3.8) is 0 Å². The number of nitro benzene ring substituents is 1. The average molecular weight is 194 g/mol. The summed E-state index contributed by atoms with van der Waals surface area (Å²) >= 11 is 0. The van der Waals surface area contributed by atoms with Gasteiger partial charge in [0.1, 0.15) is 0 Å². The van der Waals surface area contributed by atoms with Crippen molar-refractivity contribution in [2.24, 2.45) is 5.73 Å². The smallest absolute Gasteiger partial charge is 0.272 e. The maximum Gasteiger partial charge on any atom is 0.272 e. The first-order chi connectivity index (χ1) is 6.56. The van der Waals surface area contributed by atoms with E-state index in [1.165, 1.54) is 0 Å². The summed E-state index contributed by atoms with van der Waals surface area (Å²) in [6, 6.07) is 5.26. The molecule has 14 heavy (non-hydrogen) atoms. The van der Waals surface area contributed by atoms with Gasteiger partial charge in [0.15, 0.2) is 0 Å². The van der Waals surface area contributed by atoms with E-state index in [0.29, 0.717) is 12.1 Å². The van der Waals surface area contributed by atoms with Gasteiger partial charge in [-0.1, -0.05) is 19.1 Å². The van der Waals surface area contributed by atoms with Crippen molar-refractivity contribution in [2.75, 3.05) is 6.54 Å². The Balaban J connectivity index is 3.12. The lowest BCUT2D eigenvalue weighted by Crippen LogP contribution is -2.09. The summed E-state index contributed by atoms with van der Waals surface area (Å²) in [5.41, 5.74) is 7.27. The van der Waals surface area contributed by atoms with Crippen LogP contribution in [0.5, 0.6) is 0 Å². The van der Waals surface area contributed by atoms with Crippen LogP contribution in [0.2, 0.25) is 0 Å². The summed E-state index contributed by atoms with van der Waals surface area (Å²) in [6.45, 7) is 4.18.